The molecule has 0 saturated heterocycles. The molecule has 0 unspecified atom stereocenters. The van der Waals surface area contributed by atoms with Gasteiger partial charge in [-0.2, -0.15) is 0 Å². The minimum absolute atomic E-state index is 0.382. The summed E-state index contributed by atoms with van der Waals surface area (Å²) in [5, 5.41) is 0. The van der Waals surface area contributed by atoms with Crippen LogP contribution in [-0.2, 0) is 14.2 Å². The van der Waals surface area contributed by atoms with E-state index in [9.17, 15) is 0 Å². The highest BCUT2D eigenvalue weighted by molar-refractivity contribution is 4.63. The average Bonchev–Trinajstić information content (AvgIpc) is 2.00. The first-order chi connectivity index (χ1) is 5.13. The van der Waals surface area contributed by atoms with Crippen LogP contribution in [0.15, 0.2) is 0 Å². The second-order valence-corrected chi connectivity index (χ2v) is 2.45. The summed E-state index contributed by atoms with van der Waals surface area (Å²) >= 11 is 0. The van der Waals surface area contributed by atoms with Gasteiger partial charge in [0, 0.05) is 21.3 Å². The van der Waals surface area contributed by atoms with E-state index in [1.807, 2.05) is 19.0 Å². The van der Waals surface area contributed by atoms with Crippen molar-refractivity contribution in [2.45, 2.75) is 5.91 Å². The Morgan fingerprint density at radius 1 is 1.09 bits per heavy atom. The standard InChI is InChI=1S/C7H17NO3/c1-8(2)7(10-4,11-5)6-9-3/h6H2,1-5H3. The lowest BCUT2D eigenvalue weighted by Gasteiger charge is -2.35. The third-order valence-corrected chi connectivity index (χ3v) is 1.65. The van der Waals surface area contributed by atoms with Crippen molar-refractivity contribution in [3.63, 3.8) is 0 Å². The molecule has 0 fully saturated rings. The molecular weight excluding hydrogens is 146 g/mol. The fourth-order valence-electron chi connectivity index (χ4n) is 0.878. The van der Waals surface area contributed by atoms with Crippen molar-refractivity contribution < 1.29 is 14.2 Å². The van der Waals surface area contributed by atoms with Crippen LogP contribution >= 0.6 is 0 Å². The number of ether oxygens (including phenoxy) is 3. The van der Waals surface area contributed by atoms with Gasteiger partial charge in [-0.15, -0.1) is 0 Å². The molecule has 0 aliphatic heterocycles. The van der Waals surface area contributed by atoms with Gasteiger partial charge in [-0.05, 0) is 14.1 Å². The fourth-order valence-corrected chi connectivity index (χ4v) is 0.878. The maximum absolute atomic E-state index is 5.17. The molecule has 0 aromatic rings. The molecule has 0 aromatic heterocycles. The number of hydrogen-bond acceptors (Lipinski definition) is 4. The van der Waals surface area contributed by atoms with Gasteiger partial charge in [0.25, 0.3) is 5.91 Å². The normalized spacial score (nSPS) is 12.5. The third kappa shape index (κ3) is 2.41. The van der Waals surface area contributed by atoms with Crippen LogP contribution in [0.4, 0.5) is 0 Å². The molecule has 0 aliphatic rings. The van der Waals surface area contributed by atoms with E-state index in [4.69, 9.17) is 14.2 Å². The van der Waals surface area contributed by atoms with Crippen molar-refractivity contribution >= 4 is 0 Å². The molecule has 0 bridgehead atoms. The maximum atomic E-state index is 5.17. The Labute approximate surface area is 68.0 Å². The van der Waals surface area contributed by atoms with Crippen LogP contribution in [0.25, 0.3) is 0 Å². The smallest absolute Gasteiger partial charge is 0.253 e. The van der Waals surface area contributed by atoms with Crippen LogP contribution in [0, 0.1) is 0 Å². The summed E-state index contributed by atoms with van der Waals surface area (Å²) in [5.41, 5.74) is 0. The zero-order valence-electron chi connectivity index (χ0n) is 7.88. The zero-order chi connectivity index (χ0) is 8.91. The third-order valence-electron chi connectivity index (χ3n) is 1.65. The largest absolute Gasteiger partial charge is 0.377 e. The number of rotatable bonds is 5. The van der Waals surface area contributed by atoms with Gasteiger partial charge in [0.15, 0.2) is 0 Å². The molecule has 0 radical (unpaired) electrons. The molecule has 4 nitrogen and oxygen atoms in total. The highest BCUT2D eigenvalue weighted by Crippen LogP contribution is 2.13. The molecule has 0 atom stereocenters. The Morgan fingerprint density at radius 3 is 1.64 bits per heavy atom. The van der Waals surface area contributed by atoms with Crippen LogP contribution in [0.2, 0.25) is 0 Å². The quantitative estimate of drug-likeness (QED) is 0.539. The number of likely N-dealkylation sites (N-methyl/N-ethyl adjacent to an activating group) is 1. The lowest BCUT2D eigenvalue weighted by atomic mass is 10.4. The van der Waals surface area contributed by atoms with E-state index in [1.165, 1.54) is 0 Å². The van der Waals surface area contributed by atoms with E-state index in [1.54, 1.807) is 21.3 Å². The second kappa shape index (κ2) is 4.66. The summed E-state index contributed by atoms with van der Waals surface area (Å²) in [7, 11) is 8.51. The highest BCUT2D eigenvalue weighted by Gasteiger charge is 2.32. The summed E-state index contributed by atoms with van der Waals surface area (Å²) < 4.78 is 15.3. The molecule has 0 spiro atoms. The van der Waals surface area contributed by atoms with Crippen LogP contribution in [0.3, 0.4) is 0 Å². The van der Waals surface area contributed by atoms with Crippen LogP contribution in [-0.4, -0.2) is 52.8 Å². The Bertz CT molecular complexity index is 102. The number of nitrogens with zero attached hydrogens (tertiary/aromatic N) is 1. The first-order valence-corrected chi connectivity index (χ1v) is 3.39. The lowest BCUT2D eigenvalue weighted by Crippen LogP contribution is -2.51. The van der Waals surface area contributed by atoms with Gasteiger partial charge in [-0.1, -0.05) is 0 Å². The van der Waals surface area contributed by atoms with Gasteiger partial charge in [-0.3, -0.25) is 4.90 Å². The van der Waals surface area contributed by atoms with Crippen molar-refractivity contribution in [1.82, 2.24) is 4.90 Å². The molecule has 0 N–H and O–H groups in total. The minimum Gasteiger partial charge on any atom is -0.377 e. The van der Waals surface area contributed by atoms with Gasteiger partial charge in [0.1, 0.15) is 6.61 Å². The minimum atomic E-state index is -0.755. The molecule has 0 saturated carbocycles. The first kappa shape index (κ1) is 10.8. The van der Waals surface area contributed by atoms with Gasteiger partial charge >= 0.3 is 0 Å². The summed E-state index contributed by atoms with van der Waals surface area (Å²) in [6.07, 6.45) is 0. The van der Waals surface area contributed by atoms with Gasteiger partial charge in [0.05, 0.1) is 0 Å². The fraction of sp³-hybridized carbons (Fsp3) is 1.00. The first-order valence-electron chi connectivity index (χ1n) is 3.39. The van der Waals surface area contributed by atoms with Crippen molar-refractivity contribution in [3.05, 3.63) is 0 Å². The van der Waals surface area contributed by atoms with Gasteiger partial charge < -0.3 is 14.2 Å². The zero-order valence-corrected chi connectivity index (χ0v) is 7.88. The molecule has 0 amide bonds. The SMILES string of the molecule is COCC(OC)(OC)N(C)C. The van der Waals surface area contributed by atoms with E-state index < -0.39 is 5.91 Å². The Kier molecular flexibility index (Phi) is 4.60. The molecule has 0 aliphatic carbocycles. The molecular formula is C7H17NO3. The van der Waals surface area contributed by atoms with Crippen LogP contribution in [0.5, 0.6) is 0 Å². The molecule has 4 heteroatoms. The topological polar surface area (TPSA) is 30.9 Å². The molecule has 11 heavy (non-hydrogen) atoms. The molecule has 0 rings (SSSR count). The van der Waals surface area contributed by atoms with Gasteiger partial charge in [-0.25, -0.2) is 0 Å². The molecule has 68 valence electrons. The van der Waals surface area contributed by atoms with Crippen molar-refractivity contribution in [3.8, 4) is 0 Å². The predicted molar refractivity (Wildman–Crippen MR) is 42.3 cm³/mol. The van der Waals surface area contributed by atoms with Crippen molar-refractivity contribution in [2.24, 2.45) is 0 Å². The van der Waals surface area contributed by atoms with Crippen LogP contribution < -0.4 is 0 Å². The summed E-state index contributed by atoms with van der Waals surface area (Å²) in [6.45, 7) is 0.382. The maximum Gasteiger partial charge on any atom is 0.253 e. The van der Waals surface area contributed by atoms with E-state index in [2.05, 4.69) is 0 Å². The highest BCUT2D eigenvalue weighted by atomic mass is 16.7. The average molecular weight is 163 g/mol. The van der Waals surface area contributed by atoms with E-state index >= 15 is 0 Å². The summed E-state index contributed by atoms with van der Waals surface area (Å²) in [5.74, 6) is -0.755. The second-order valence-electron chi connectivity index (χ2n) is 2.45. The number of methoxy groups -OCH3 is 3. The number of hydrogen-bond donors (Lipinski definition) is 0. The predicted octanol–water partition coefficient (Wildman–Crippen LogP) is 0.141. The summed E-state index contributed by atoms with van der Waals surface area (Å²) in [6, 6.07) is 0. The summed E-state index contributed by atoms with van der Waals surface area (Å²) in [4.78, 5) is 1.82. The van der Waals surface area contributed by atoms with Gasteiger partial charge in [0.2, 0.25) is 0 Å². The van der Waals surface area contributed by atoms with Crippen molar-refractivity contribution in [1.29, 1.82) is 0 Å². The van der Waals surface area contributed by atoms with E-state index in [-0.39, 0.29) is 0 Å². The Balaban J connectivity index is 4.20. The molecule has 0 aromatic carbocycles. The van der Waals surface area contributed by atoms with Crippen LogP contribution in [0.1, 0.15) is 0 Å². The lowest BCUT2D eigenvalue weighted by molar-refractivity contribution is -0.301. The van der Waals surface area contributed by atoms with E-state index in [0.29, 0.717) is 6.61 Å². The van der Waals surface area contributed by atoms with Crippen molar-refractivity contribution in [2.75, 3.05) is 42.0 Å². The monoisotopic (exact) mass is 163 g/mol. The Hall–Kier alpha value is -0.160. The Morgan fingerprint density at radius 2 is 1.55 bits per heavy atom. The van der Waals surface area contributed by atoms with E-state index in [0.717, 1.165) is 0 Å². The molecule has 0 heterocycles.